The first-order chi connectivity index (χ1) is 7.86. The molecule has 0 bridgehead atoms. The van der Waals surface area contributed by atoms with Crippen LogP contribution in [0.2, 0.25) is 0 Å². The van der Waals surface area contributed by atoms with Crippen molar-refractivity contribution in [3.63, 3.8) is 0 Å². The SMILES string of the molecule is CC(C)c1cccc(OC(F)(F)C(=O)NN)c1. The molecule has 0 aliphatic heterocycles. The number of ether oxygens (including phenoxy) is 1. The molecule has 4 nitrogen and oxygen atoms in total. The number of nitrogens with two attached hydrogens (primary N) is 1. The normalized spacial score (nSPS) is 11.4. The molecule has 0 radical (unpaired) electrons. The highest BCUT2D eigenvalue weighted by Gasteiger charge is 2.41. The standard InChI is InChI=1S/C11H14F2N2O2/c1-7(2)8-4-3-5-9(6-8)17-11(12,13)10(16)15-14/h3-7H,14H2,1-2H3,(H,15,16). The van der Waals surface area contributed by atoms with E-state index in [9.17, 15) is 13.6 Å². The number of amides is 1. The van der Waals surface area contributed by atoms with Crippen molar-refractivity contribution in [1.29, 1.82) is 0 Å². The Hall–Kier alpha value is -1.69. The van der Waals surface area contributed by atoms with Gasteiger partial charge in [-0.1, -0.05) is 26.0 Å². The van der Waals surface area contributed by atoms with E-state index in [0.29, 0.717) is 0 Å². The zero-order valence-electron chi connectivity index (χ0n) is 9.54. The van der Waals surface area contributed by atoms with Crippen molar-refractivity contribution < 1.29 is 18.3 Å². The molecule has 3 N–H and O–H groups in total. The van der Waals surface area contributed by atoms with Crippen LogP contribution in [0.3, 0.4) is 0 Å². The highest BCUT2D eigenvalue weighted by atomic mass is 19.3. The fourth-order valence-electron chi connectivity index (χ4n) is 1.22. The number of rotatable bonds is 4. The summed E-state index contributed by atoms with van der Waals surface area (Å²) in [5.74, 6) is 3.04. The first-order valence-corrected chi connectivity index (χ1v) is 5.04. The van der Waals surface area contributed by atoms with Gasteiger partial charge in [-0.25, -0.2) is 5.84 Å². The van der Waals surface area contributed by atoms with E-state index in [-0.39, 0.29) is 11.7 Å². The van der Waals surface area contributed by atoms with Gasteiger partial charge in [0.05, 0.1) is 0 Å². The molecule has 0 atom stereocenters. The third-order valence-electron chi connectivity index (χ3n) is 2.17. The van der Waals surface area contributed by atoms with Gasteiger partial charge in [-0.05, 0) is 23.6 Å². The summed E-state index contributed by atoms with van der Waals surface area (Å²) in [5.41, 5.74) is 2.19. The van der Waals surface area contributed by atoms with Crippen LogP contribution < -0.4 is 16.0 Å². The Labute approximate surface area is 97.7 Å². The second kappa shape index (κ2) is 5.09. The molecule has 0 aliphatic carbocycles. The summed E-state index contributed by atoms with van der Waals surface area (Å²) in [4.78, 5) is 10.7. The molecule has 0 aromatic heterocycles. The molecule has 0 spiro atoms. The molecule has 0 saturated carbocycles. The predicted octanol–water partition coefficient (Wildman–Crippen LogP) is 1.77. The molecule has 17 heavy (non-hydrogen) atoms. The highest BCUT2D eigenvalue weighted by Crippen LogP contribution is 2.25. The molecule has 0 saturated heterocycles. The van der Waals surface area contributed by atoms with E-state index < -0.39 is 12.0 Å². The van der Waals surface area contributed by atoms with Gasteiger partial charge in [-0.2, -0.15) is 8.78 Å². The third kappa shape index (κ3) is 3.39. The molecule has 0 heterocycles. The molecule has 6 heteroatoms. The van der Waals surface area contributed by atoms with Crippen LogP contribution in [-0.4, -0.2) is 12.0 Å². The lowest BCUT2D eigenvalue weighted by Gasteiger charge is -2.16. The van der Waals surface area contributed by atoms with Gasteiger partial charge in [0, 0.05) is 0 Å². The van der Waals surface area contributed by atoms with Gasteiger partial charge in [0.2, 0.25) is 0 Å². The average Bonchev–Trinajstić information content (AvgIpc) is 2.27. The van der Waals surface area contributed by atoms with E-state index in [1.807, 2.05) is 13.8 Å². The number of alkyl halides is 2. The lowest BCUT2D eigenvalue weighted by molar-refractivity contribution is -0.192. The van der Waals surface area contributed by atoms with Crippen molar-refractivity contribution in [2.24, 2.45) is 5.84 Å². The highest BCUT2D eigenvalue weighted by molar-refractivity contribution is 5.81. The Morgan fingerprint density at radius 2 is 2.12 bits per heavy atom. The van der Waals surface area contributed by atoms with Crippen molar-refractivity contribution in [1.82, 2.24) is 5.43 Å². The van der Waals surface area contributed by atoms with Crippen LogP contribution in [0.1, 0.15) is 25.3 Å². The number of hydrogen-bond acceptors (Lipinski definition) is 3. The minimum absolute atomic E-state index is 0.0789. The van der Waals surface area contributed by atoms with Crippen molar-refractivity contribution >= 4 is 5.91 Å². The maximum Gasteiger partial charge on any atom is 0.483 e. The zero-order chi connectivity index (χ0) is 13.1. The van der Waals surface area contributed by atoms with Crippen molar-refractivity contribution in [3.8, 4) is 5.75 Å². The molecule has 1 aromatic rings. The molecule has 0 aliphatic rings. The van der Waals surface area contributed by atoms with Crippen LogP contribution in [0.4, 0.5) is 8.78 Å². The summed E-state index contributed by atoms with van der Waals surface area (Å²) in [7, 11) is 0. The van der Waals surface area contributed by atoms with Gasteiger partial charge < -0.3 is 4.74 Å². The molecule has 1 rings (SSSR count). The van der Waals surface area contributed by atoms with E-state index >= 15 is 0 Å². The summed E-state index contributed by atoms with van der Waals surface area (Å²) in [6.07, 6.45) is -3.98. The number of hydrazine groups is 1. The lowest BCUT2D eigenvalue weighted by atomic mass is 10.0. The zero-order valence-corrected chi connectivity index (χ0v) is 9.54. The second-order valence-electron chi connectivity index (χ2n) is 3.82. The first-order valence-electron chi connectivity index (χ1n) is 5.04. The quantitative estimate of drug-likeness (QED) is 0.482. The Morgan fingerprint density at radius 1 is 1.47 bits per heavy atom. The fraction of sp³-hybridized carbons (Fsp3) is 0.364. The summed E-state index contributed by atoms with van der Waals surface area (Å²) in [6, 6.07) is 6.19. The van der Waals surface area contributed by atoms with Gasteiger partial charge in [-0.3, -0.25) is 10.2 Å². The van der Waals surface area contributed by atoms with Crippen LogP contribution in [-0.2, 0) is 4.79 Å². The largest absolute Gasteiger partial charge is 0.483 e. The second-order valence-corrected chi connectivity index (χ2v) is 3.82. The fourth-order valence-corrected chi connectivity index (χ4v) is 1.22. The first kappa shape index (κ1) is 13.4. The van der Waals surface area contributed by atoms with Crippen molar-refractivity contribution in [3.05, 3.63) is 29.8 Å². The van der Waals surface area contributed by atoms with Crippen LogP contribution in [0, 0.1) is 0 Å². The van der Waals surface area contributed by atoms with Crippen LogP contribution >= 0.6 is 0 Å². The van der Waals surface area contributed by atoms with Gasteiger partial charge in [0.25, 0.3) is 0 Å². The van der Waals surface area contributed by atoms with E-state index in [2.05, 4.69) is 10.6 Å². The van der Waals surface area contributed by atoms with Gasteiger partial charge in [0.15, 0.2) is 0 Å². The van der Waals surface area contributed by atoms with Crippen molar-refractivity contribution in [2.45, 2.75) is 25.9 Å². The predicted molar refractivity (Wildman–Crippen MR) is 58.4 cm³/mol. The number of carbonyl (C=O) groups is 1. The third-order valence-corrected chi connectivity index (χ3v) is 2.17. The van der Waals surface area contributed by atoms with Crippen LogP contribution in [0.15, 0.2) is 24.3 Å². The molecular weight excluding hydrogens is 230 g/mol. The van der Waals surface area contributed by atoms with E-state index in [4.69, 9.17) is 0 Å². The van der Waals surface area contributed by atoms with E-state index in [0.717, 1.165) is 5.56 Å². The Balaban J connectivity index is 2.88. The summed E-state index contributed by atoms with van der Waals surface area (Å²) in [6.45, 7) is 3.84. The van der Waals surface area contributed by atoms with E-state index in [1.54, 1.807) is 12.1 Å². The summed E-state index contributed by atoms with van der Waals surface area (Å²) >= 11 is 0. The minimum atomic E-state index is -3.98. The molecule has 0 unspecified atom stereocenters. The van der Waals surface area contributed by atoms with Crippen LogP contribution in [0.25, 0.3) is 0 Å². The molecular formula is C11H14F2N2O2. The average molecular weight is 244 g/mol. The number of benzene rings is 1. The van der Waals surface area contributed by atoms with E-state index in [1.165, 1.54) is 17.6 Å². The van der Waals surface area contributed by atoms with Crippen molar-refractivity contribution in [2.75, 3.05) is 0 Å². The Morgan fingerprint density at radius 3 is 2.65 bits per heavy atom. The molecule has 0 fully saturated rings. The minimum Gasteiger partial charge on any atom is -0.425 e. The maximum absolute atomic E-state index is 13.1. The van der Waals surface area contributed by atoms with Crippen LogP contribution in [0.5, 0.6) is 5.75 Å². The van der Waals surface area contributed by atoms with Gasteiger partial charge in [0.1, 0.15) is 5.75 Å². The lowest BCUT2D eigenvalue weighted by Crippen LogP contribution is -2.47. The molecule has 94 valence electrons. The number of halogens is 2. The Bertz CT molecular complexity index is 408. The van der Waals surface area contributed by atoms with Gasteiger partial charge in [-0.15, -0.1) is 0 Å². The van der Waals surface area contributed by atoms with Gasteiger partial charge >= 0.3 is 12.0 Å². The number of nitrogens with one attached hydrogen (secondary N) is 1. The number of carbonyl (C=O) groups excluding carboxylic acids is 1. The Kier molecular flexibility index (Phi) is 4.01. The summed E-state index contributed by atoms with van der Waals surface area (Å²) in [5, 5.41) is 0. The molecule has 1 amide bonds. The monoisotopic (exact) mass is 244 g/mol. The maximum atomic E-state index is 13.1. The summed E-state index contributed by atoms with van der Waals surface area (Å²) < 4.78 is 30.6. The topological polar surface area (TPSA) is 64.3 Å². The number of hydrogen-bond donors (Lipinski definition) is 2. The smallest absolute Gasteiger partial charge is 0.425 e. The molecule has 1 aromatic carbocycles.